The van der Waals surface area contributed by atoms with Gasteiger partial charge in [-0.15, -0.1) is 0 Å². The van der Waals surface area contributed by atoms with Gasteiger partial charge in [-0.1, -0.05) is 19.8 Å². The summed E-state index contributed by atoms with van der Waals surface area (Å²) in [6, 6.07) is 8.52. The van der Waals surface area contributed by atoms with Crippen molar-refractivity contribution in [3.05, 3.63) is 29.8 Å². The summed E-state index contributed by atoms with van der Waals surface area (Å²) in [5, 5.41) is 24.2. The van der Waals surface area contributed by atoms with Crippen LogP contribution in [0.4, 0.5) is 0 Å². The van der Waals surface area contributed by atoms with Gasteiger partial charge in [-0.05, 0) is 41.5 Å². The minimum Gasteiger partial charge on any atom is -0.394 e. The molecule has 0 aliphatic heterocycles. The molecule has 3 N–H and O–H groups in total. The fraction of sp³-hybridized carbons (Fsp3) is 0.706. The van der Waals surface area contributed by atoms with E-state index in [4.69, 9.17) is 15.3 Å². The molecule has 0 bridgehead atoms. The van der Waals surface area contributed by atoms with Crippen LogP contribution in [0.5, 0.6) is 0 Å². The number of aliphatic hydroxyl groups is 3. The second-order valence-corrected chi connectivity index (χ2v) is 5.32. The molecule has 1 aromatic carbocycles. The van der Waals surface area contributed by atoms with Crippen molar-refractivity contribution in [2.45, 2.75) is 79.6 Å². The largest absolute Gasteiger partial charge is 0.394 e. The number of aliphatic hydroxyl groups excluding tert-OH is 3. The van der Waals surface area contributed by atoms with E-state index >= 15 is 0 Å². The van der Waals surface area contributed by atoms with Crippen LogP contribution in [-0.4, -0.2) is 33.6 Å². The van der Waals surface area contributed by atoms with E-state index in [0.29, 0.717) is 0 Å². The molecule has 0 aliphatic rings. The molecule has 0 atom stereocenters. The van der Waals surface area contributed by atoms with E-state index in [9.17, 15) is 0 Å². The molecule has 1 rings (SSSR count). The van der Waals surface area contributed by atoms with Crippen LogP contribution in [-0.2, 0) is 32.3 Å². The van der Waals surface area contributed by atoms with E-state index in [2.05, 4.69) is 31.2 Å². The molecular formula is C17H35HfO3-. The molecule has 0 radical (unpaired) electrons. The monoisotopic (exact) mass is 467 g/mol. The number of rotatable bonds is 2. The number of hydrogen-bond donors (Lipinski definition) is 3. The second-order valence-electron chi connectivity index (χ2n) is 5.32. The topological polar surface area (TPSA) is 60.7 Å². The summed E-state index contributed by atoms with van der Waals surface area (Å²) in [4.78, 5) is 0. The van der Waals surface area contributed by atoms with Gasteiger partial charge in [0.2, 0.25) is 0 Å². The Morgan fingerprint density at radius 2 is 1.00 bits per heavy atom. The molecule has 0 amide bonds. The van der Waals surface area contributed by atoms with Gasteiger partial charge in [-0.25, -0.2) is 12.1 Å². The van der Waals surface area contributed by atoms with Crippen LogP contribution in [0.3, 0.4) is 0 Å². The first-order chi connectivity index (χ1) is 9.13. The first-order valence-corrected chi connectivity index (χ1v) is 7.38. The summed E-state index contributed by atoms with van der Waals surface area (Å²) in [5.74, 6) is 0. The molecule has 0 aromatic heterocycles. The summed E-state index contributed by atoms with van der Waals surface area (Å²) >= 11 is 0. The summed E-state index contributed by atoms with van der Waals surface area (Å²) < 4.78 is 0. The molecule has 0 fully saturated rings. The molecule has 21 heavy (non-hydrogen) atoms. The van der Waals surface area contributed by atoms with Crippen molar-refractivity contribution in [3.63, 3.8) is 0 Å². The SMILES string of the molecule is CC(C)O.CC(C)O.CC(C)O.CCC[c-]1cccc1.[Hf]. The Bertz CT molecular complexity index is 222. The molecule has 4 heteroatoms. The van der Waals surface area contributed by atoms with Crippen LogP contribution < -0.4 is 0 Å². The Morgan fingerprint density at radius 3 is 1.19 bits per heavy atom. The van der Waals surface area contributed by atoms with Crippen molar-refractivity contribution in [2.24, 2.45) is 0 Å². The van der Waals surface area contributed by atoms with Gasteiger partial charge >= 0.3 is 0 Å². The Kier molecular flexibility index (Phi) is 31.1. The van der Waals surface area contributed by atoms with E-state index < -0.39 is 0 Å². The van der Waals surface area contributed by atoms with Gasteiger partial charge in [0.25, 0.3) is 0 Å². The molecule has 126 valence electrons. The summed E-state index contributed by atoms with van der Waals surface area (Å²) in [6.45, 7) is 12.5. The van der Waals surface area contributed by atoms with Gasteiger partial charge in [-0.2, -0.15) is 17.7 Å². The normalized spacial score (nSPS) is 8.81. The zero-order valence-electron chi connectivity index (χ0n) is 14.8. The first kappa shape index (κ1) is 29.2. The zero-order chi connectivity index (χ0) is 16.6. The van der Waals surface area contributed by atoms with Gasteiger partial charge in [0.05, 0.1) is 0 Å². The standard InChI is InChI=1S/C8H11.3C3H8O.Hf/c1-2-5-8-6-3-4-7-8;3*1-3(2)4;/h3-4,6-7H,2,5H2,1H3;3*3-4H,1-2H3;/q-1;;;;. The minimum atomic E-state index is -0.167. The van der Waals surface area contributed by atoms with Crippen molar-refractivity contribution >= 4 is 0 Å². The third kappa shape index (κ3) is 64.6. The molecule has 0 saturated heterocycles. The molecule has 3 nitrogen and oxygen atoms in total. The molecule has 0 unspecified atom stereocenters. The average molecular weight is 466 g/mol. The molecule has 0 heterocycles. The van der Waals surface area contributed by atoms with Crippen LogP contribution in [0.2, 0.25) is 0 Å². The summed E-state index contributed by atoms with van der Waals surface area (Å²) in [5.41, 5.74) is 1.47. The van der Waals surface area contributed by atoms with Crippen LogP contribution in [0.1, 0.15) is 60.5 Å². The Morgan fingerprint density at radius 1 is 0.762 bits per heavy atom. The van der Waals surface area contributed by atoms with Crippen LogP contribution >= 0.6 is 0 Å². The quantitative estimate of drug-likeness (QED) is 0.462. The first-order valence-electron chi connectivity index (χ1n) is 7.38. The summed E-state index contributed by atoms with van der Waals surface area (Å²) in [7, 11) is 0. The minimum absolute atomic E-state index is 0. The fourth-order valence-corrected chi connectivity index (χ4v) is 0.869. The van der Waals surface area contributed by atoms with Crippen molar-refractivity contribution in [1.82, 2.24) is 0 Å². The molecule has 0 saturated carbocycles. The smallest absolute Gasteiger partial charge is 0.0483 e. The van der Waals surface area contributed by atoms with Crippen molar-refractivity contribution in [2.75, 3.05) is 0 Å². The van der Waals surface area contributed by atoms with Gasteiger partial charge in [-0.3, -0.25) is 0 Å². The van der Waals surface area contributed by atoms with E-state index in [1.54, 1.807) is 41.5 Å². The maximum absolute atomic E-state index is 8.06. The Hall–Kier alpha value is 0.100. The maximum atomic E-state index is 8.06. The number of hydrogen-bond acceptors (Lipinski definition) is 3. The maximum Gasteiger partial charge on any atom is 0.0483 e. The van der Waals surface area contributed by atoms with Gasteiger partial charge in [0, 0.05) is 44.2 Å². The van der Waals surface area contributed by atoms with Crippen molar-refractivity contribution in [3.8, 4) is 0 Å². The Labute approximate surface area is 150 Å². The molecular weight excluding hydrogens is 431 g/mol. The number of aryl methyl sites for hydroxylation is 1. The fourth-order valence-electron chi connectivity index (χ4n) is 0.869. The molecule has 1 aromatic rings. The third-order valence-electron chi connectivity index (χ3n) is 1.27. The van der Waals surface area contributed by atoms with Crippen LogP contribution in [0, 0.1) is 0 Å². The Balaban J connectivity index is -0.0000000973. The van der Waals surface area contributed by atoms with E-state index in [1.165, 1.54) is 18.4 Å². The van der Waals surface area contributed by atoms with E-state index in [-0.39, 0.29) is 44.2 Å². The molecule has 0 aliphatic carbocycles. The van der Waals surface area contributed by atoms with Crippen molar-refractivity contribution < 1.29 is 41.2 Å². The predicted octanol–water partition coefficient (Wildman–Crippen LogP) is 3.52. The van der Waals surface area contributed by atoms with Crippen LogP contribution in [0.15, 0.2) is 24.3 Å². The van der Waals surface area contributed by atoms with E-state index in [0.717, 1.165) is 0 Å². The van der Waals surface area contributed by atoms with Gasteiger partial charge < -0.3 is 15.3 Å². The summed E-state index contributed by atoms with van der Waals surface area (Å²) in [6.07, 6.45) is 1.98. The van der Waals surface area contributed by atoms with Crippen molar-refractivity contribution in [1.29, 1.82) is 0 Å². The third-order valence-corrected chi connectivity index (χ3v) is 1.27. The van der Waals surface area contributed by atoms with E-state index in [1.807, 2.05) is 0 Å². The average Bonchev–Trinajstić information content (AvgIpc) is 2.68. The second kappa shape index (κ2) is 22.4. The van der Waals surface area contributed by atoms with Gasteiger partial charge in [0.1, 0.15) is 0 Å². The zero-order valence-corrected chi connectivity index (χ0v) is 18.4. The van der Waals surface area contributed by atoms with Gasteiger partial charge in [0.15, 0.2) is 0 Å². The molecule has 0 spiro atoms. The van der Waals surface area contributed by atoms with Crippen LogP contribution in [0.25, 0.3) is 0 Å². The predicted molar refractivity (Wildman–Crippen MR) is 88.1 cm³/mol.